The van der Waals surface area contributed by atoms with Crippen molar-refractivity contribution in [3.63, 3.8) is 0 Å². The van der Waals surface area contributed by atoms with Crippen molar-refractivity contribution in [1.29, 1.82) is 0 Å². The van der Waals surface area contributed by atoms with Crippen molar-refractivity contribution in [3.05, 3.63) is 69.8 Å². The molecular weight excluding hydrogens is 277 g/mol. The molecule has 0 radical (unpaired) electrons. The summed E-state index contributed by atoms with van der Waals surface area (Å²) in [5.74, 6) is -1.37. The number of carbonyl (C=O) groups excluding carboxylic acids is 1. The van der Waals surface area contributed by atoms with Crippen molar-refractivity contribution >= 4 is 11.6 Å². The van der Waals surface area contributed by atoms with Crippen LogP contribution in [0.15, 0.2) is 42.7 Å². The first-order valence-electron chi connectivity index (χ1n) is 6.19. The first-order valence-corrected chi connectivity index (χ1v) is 6.19. The van der Waals surface area contributed by atoms with E-state index in [9.17, 15) is 19.3 Å². The Morgan fingerprint density at radius 1 is 1.38 bits per heavy atom. The summed E-state index contributed by atoms with van der Waals surface area (Å²) in [7, 11) is 0. The molecule has 0 unspecified atom stereocenters. The molecule has 1 aromatic heterocycles. The highest BCUT2D eigenvalue weighted by Crippen LogP contribution is 2.19. The molecule has 1 amide bonds. The highest BCUT2D eigenvalue weighted by molar-refractivity contribution is 5.98. The van der Waals surface area contributed by atoms with Crippen LogP contribution in [0.25, 0.3) is 0 Å². The fourth-order valence-electron chi connectivity index (χ4n) is 1.81. The van der Waals surface area contributed by atoms with Gasteiger partial charge in [0.15, 0.2) is 0 Å². The summed E-state index contributed by atoms with van der Waals surface area (Å²) in [6, 6.07) is 6.41. The second-order valence-corrected chi connectivity index (χ2v) is 4.29. The molecule has 0 bridgehead atoms. The number of halogens is 1. The quantitative estimate of drug-likeness (QED) is 0.674. The molecule has 0 atom stereocenters. The van der Waals surface area contributed by atoms with Gasteiger partial charge in [0.2, 0.25) is 0 Å². The third-order valence-electron chi connectivity index (χ3n) is 2.82. The number of nitrogens with zero attached hydrogens (tertiary/aromatic N) is 2. The molecule has 0 aliphatic rings. The first kappa shape index (κ1) is 14.6. The second-order valence-electron chi connectivity index (χ2n) is 4.29. The van der Waals surface area contributed by atoms with E-state index < -0.39 is 22.3 Å². The summed E-state index contributed by atoms with van der Waals surface area (Å²) in [5.41, 5.74) is 0.216. The molecule has 7 heteroatoms. The standard InChI is InChI=1S/C14H12FN3O3/c15-11-3-4-13(18(20)21)12(8-11)14(19)17-7-5-10-2-1-6-16-9-10/h1-4,6,8-9H,5,7H2,(H,17,19). The predicted octanol–water partition coefficient (Wildman–Crippen LogP) is 2.10. The lowest BCUT2D eigenvalue weighted by atomic mass is 10.1. The van der Waals surface area contributed by atoms with E-state index in [1.807, 2.05) is 6.07 Å². The summed E-state index contributed by atoms with van der Waals surface area (Å²) in [6.07, 6.45) is 3.83. The number of hydrogen-bond acceptors (Lipinski definition) is 4. The van der Waals surface area contributed by atoms with Crippen LogP contribution in [-0.2, 0) is 6.42 Å². The maximum Gasteiger partial charge on any atom is 0.282 e. The number of nitro groups is 1. The largest absolute Gasteiger partial charge is 0.351 e. The highest BCUT2D eigenvalue weighted by atomic mass is 19.1. The summed E-state index contributed by atoms with van der Waals surface area (Å²) in [6.45, 7) is 0.276. The minimum atomic E-state index is -0.713. The zero-order valence-electron chi connectivity index (χ0n) is 11.0. The lowest BCUT2D eigenvalue weighted by Gasteiger charge is -2.06. The fraction of sp³-hybridized carbons (Fsp3) is 0.143. The molecule has 21 heavy (non-hydrogen) atoms. The van der Waals surface area contributed by atoms with E-state index in [0.717, 1.165) is 23.8 Å². The summed E-state index contributed by atoms with van der Waals surface area (Å²) < 4.78 is 13.1. The summed E-state index contributed by atoms with van der Waals surface area (Å²) in [4.78, 5) is 26.0. The van der Waals surface area contributed by atoms with Crippen molar-refractivity contribution in [1.82, 2.24) is 10.3 Å². The number of carbonyl (C=O) groups is 1. The number of rotatable bonds is 5. The van der Waals surface area contributed by atoms with Crippen LogP contribution in [0.3, 0.4) is 0 Å². The molecule has 0 saturated carbocycles. The minimum absolute atomic E-state index is 0.276. The van der Waals surface area contributed by atoms with Gasteiger partial charge in [-0.2, -0.15) is 0 Å². The van der Waals surface area contributed by atoms with Gasteiger partial charge in [0.05, 0.1) is 4.92 Å². The van der Waals surface area contributed by atoms with Gasteiger partial charge in [-0.05, 0) is 30.2 Å². The number of nitro benzene ring substituents is 1. The van der Waals surface area contributed by atoms with Crippen LogP contribution in [0.2, 0.25) is 0 Å². The van der Waals surface area contributed by atoms with E-state index >= 15 is 0 Å². The second kappa shape index (κ2) is 6.56. The number of aromatic nitrogens is 1. The van der Waals surface area contributed by atoms with Crippen LogP contribution in [0.1, 0.15) is 15.9 Å². The van der Waals surface area contributed by atoms with E-state index in [1.165, 1.54) is 0 Å². The van der Waals surface area contributed by atoms with E-state index in [4.69, 9.17) is 0 Å². The molecule has 108 valence electrons. The van der Waals surface area contributed by atoms with Crippen LogP contribution in [0.4, 0.5) is 10.1 Å². The van der Waals surface area contributed by atoms with Crippen molar-refractivity contribution < 1.29 is 14.1 Å². The summed E-state index contributed by atoms with van der Waals surface area (Å²) >= 11 is 0. The lowest BCUT2D eigenvalue weighted by Crippen LogP contribution is -2.26. The Hall–Kier alpha value is -2.83. The molecular formula is C14H12FN3O3. The molecule has 2 aromatic rings. The van der Waals surface area contributed by atoms with Crippen LogP contribution in [0, 0.1) is 15.9 Å². The van der Waals surface area contributed by atoms with Crippen LogP contribution in [-0.4, -0.2) is 22.4 Å². The topological polar surface area (TPSA) is 85.1 Å². The van der Waals surface area contributed by atoms with Gasteiger partial charge in [-0.3, -0.25) is 19.9 Å². The van der Waals surface area contributed by atoms with E-state index in [-0.39, 0.29) is 12.1 Å². The molecule has 0 saturated heterocycles. The average Bonchev–Trinajstić information content (AvgIpc) is 2.47. The lowest BCUT2D eigenvalue weighted by molar-refractivity contribution is -0.385. The SMILES string of the molecule is O=C(NCCc1cccnc1)c1cc(F)ccc1[N+](=O)[O-]. The van der Waals surface area contributed by atoms with Gasteiger partial charge in [0.1, 0.15) is 11.4 Å². The number of pyridine rings is 1. The van der Waals surface area contributed by atoms with Crippen molar-refractivity contribution in [2.24, 2.45) is 0 Å². The molecule has 0 fully saturated rings. The third-order valence-corrected chi connectivity index (χ3v) is 2.82. The van der Waals surface area contributed by atoms with Crippen LogP contribution >= 0.6 is 0 Å². The Kier molecular flexibility index (Phi) is 4.55. The Balaban J connectivity index is 2.03. The Morgan fingerprint density at radius 3 is 2.86 bits per heavy atom. The van der Waals surface area contributed by atoms with Gasteiger partial charge in [0, 0.05) is 25.0 Å². The number of benzene rings is 1. The normalized spacial score (nSPS) is 10.1. The van der Waals surface area contributed by atoms with Crippen molar-refractivity contribution in [2.75, 3.05) is 6.54 Å². The molecule has 1 aromatic carbocycles. The minimum Gasteiger partial charge on any atom is -0.351 e. The molecule has 1 N–H and O–H groups in total. The predicted molar refractivity (Wildman–Crippen MR) is 73.3 cm³/mol. The fourth-order valence-corrected chi connectivity index (χ4v) is 1.81. The number of amides is 1. The monoisotopic (exact) mass is 289 g/mol. The van der Waals surface area contributed by atoms with E-state index in [0.29, 0.717) is 6.42 Å². The smallest absolute Gasteiger partial charge is 0.282 e. The van der Waals surface area contributed by atoms with Gasteiger partial charge in [-0.15, -0.1) is 0 Å². The summed E-state index contributed by atoms with van der Waals surface area (Å²) in [5, 5.41) is 13.4. The van der Waals surface area contributed by atoms with Gasteiger partial charge >= 0.3 is 0 Å². The molecule has 0 aliphatic carbocycles. The highest BCUT2D eigenvalue weighted by Gasteiger charge is 2.20. The Morgan fingerprint density at radius 2 is 2.19 bits per heavy atom. The molecule has 0 spiro atoms. The number of hydrogen-bond donors (Lipinski definition) is 1. The van der Waals surface area contributed by atoms with Gasteiger partial charge in [-0.25, -0.2) is 4.39 Å². The van der Waals surface area contributed by atoms with E-state index in [1.54, 1.807) is 18.5 Å². The van der Waals surface area contributed by atoms with Gasteiger partial charge in [0.25, 0.3) is 11.6 Å². The van der Waals surface area contributed by atoms with Crippen LogP contribution < -0.4 is 5.32 Å². The maximum atomic E-state index is 13.1. The molecule has 2 rings (SSSR count). The number of nitrogens with one attached hydrogen (secondary N) is 1. The van der Waals surface area contributed by atoms with Gasteiger partial charge < -0.3 is 5.32 Å². The average molecular weight is 289 g/mol. The maximum absolute atomic E-state index is 13.1. The first-order chi connectivity index (χ1) is 10.1. The Labute approximate surface area is 119 Å². The van der Waals surface area contributed by atoms with Gasteiger partial charge in [-0.1, -0.05) is 6.07 Å². The molecule has 6 nitrogen and oxygen atoms in total. The van der Waals surface area contributed by atoms with Crippen molar-refractivity contribution in [2.45, 2.75) is 6.42 Å². The third kappa shape index (κ3) is 3.82. The van der Waals surface area contributed by atoms with E-state index in [2.05, 4.69) is 10.3 Å². The zero-order chi connectivity index (χ0) is 15.2. The Bertz CT molecular complexity index is 662. The molecule has 1 heterocycles. The van der Waals surface area contributed by atoms with Crippen molar-refractivity contribution in [3.8, 4) is 0 Å². The zero-order valence-corrected chi connectivity index (χ0v) is 11.0. The van der Waals surface area contributed by atoms with Crippen LogP contribution in [0.5, 0.6) is 0 Å². The molecule has 0 aliphatic heterocycles.